The second-order valence-electron chi connectivity index (χ2n) is 7.65. The number of hydrogen-bond donors (Lipinski definition) is 1. The van der Waals surface area contributed by atoms with E-state index in [1.807, 2.05) is 6.92 Å². The van der Waals surface area contributed by atoms with E-state index >= 15 is 0 Å². The number of carbonyl (C=O) groups is 1. The van der Waals surface area contributed by atoms with Gasteiger partial charge in [0.1, 0.15) is 17.2 Å². The van der Waals surface area contributed by atoms with Gasteiger partial charge in [0, 0.05) is 18.1 Å². The molecule has 1 atom stereocenters. The minimum atomic E-state index is -3.38. The Kier molecular flexibility index (Phi) is 8.48. The van der Waals surface area contributed by atoms with Crippen LogP contribution in [0.5, 0.6) is 23.0 Å². The lowest BCUT2D eigenvalue weighted by atomic mass is 10.2. The number of rotatable bonds is 10. The summed E-state index contributed by atoms with van der Waals surface area (Å²) in [6, 6.07) is 18.5. The van der Waals surface area contributed by atoms with Gasteiger partial charge in [-0.25, -0.2) is 8.42 Å². The quantitative estimate of drug-likeness (QED) is 0.389. The Bertz CT molecular complexity index is 1280. The molecule has 3 aromatic carbocycles. The Balaban J connectivity index is 1.75. The molecule has 3 rings (SSSR count). The number of anilines is 2. The van der Waals surface area contributed by atoms with Gasteiger partial charge in [-0.3, -0.25) is 9.10 Å². The third-order valence-corrected chi connectivity index (χ3v) is 6.55. The highest BCUT2D eigenvalue weighted by atomic mass is 35.5. The van der Waals surface area contributed by atoms with E-state index in [9.17, 15) is 13.2 Å². The number of benzene rings is 3. The Labute approximate surface area is 210 Å². The first kappa shape index (κ1) is 26.2. The van der Waals surface area contributed by atoms with E-state index in [0.717, 1.165) is 10.6 Å². The number of nitrogens with zero attached hydrogens (tertiary/aromatic N) is 1. The van der Waals surface area contributed by atoms with Gasteiger partial charge in [0.15, 0.2) is 11.9 Å². The Morgan fingerprint density at radius 2 is 1.71 bits per heavy atom. The molecular weight excluding hydrogens is 492 g/mol. The zero-order valence-electron chi connectivity index (χ0n) is 19.8. The second kappa shape index (κ2) is 11.3. The molecular formula is C25H27ClN2O6S. The molecule has 35 heavy (non-hydrogen) atoms. The maximum absolute atomic E-state index is 13.0. The number of sulfonamides is 1. The molecule has 0 aromatic heterocycles. The van der Waals surface area contributed by atoms with Crippen molar-refractivity contribution in [1.29, 1.82) is 0 Å². The second-order valence-corrected chi connectivity index (χ2v) is 10.1. The highest BCUT2D eigenvalue weighted by Gasteiger charge is 2.21. The SMILES string of the molecule is CC[C@@H](Oc1ccc(N(C)S(C)(=O)=O)cc1)C(=O)Nc1cc(Cl)ccc1Oc1cccc(OC)c1. The molecule has 1 amide bonds. The lowest BCUT2D eigenvalue weighted by Crippen LogP contribution is -2.32. The van der Waals surface area contributed by atoms with Crippen molar-refractivity contribution >= 4 is 38.9 Å². The van der Waals surface area contributed by atoms with E-state index < -0.39 is 16.1 Å². The first-order valence-corrected chi connectivity index (χ1v) is 13.0. The molecule has 0 spiro atoms. The van der Waals surface area contributed by atoms with Crippen molar-refractivity contribution in [2.75, 3.05) is 30.0 Å². The van der Waals surface area contributed by atoms with Crippen LogP contribution in [-0.4, -0.2) is 40.8 Å². The molecule has 0 unspecified atom stereocenters. The highest BCUT2D eigenvalue weighted by Crippen LogP contribution is 2.33. The lowest BCUT2D eigenvalue weighted by molar-refractivity contribution is -0.122. The summed E-state index contributed by atoms with van der Waals surface area (Å²) in [4.78, 5) is 13.0. The first-order valence-electron chi connectivity index (χ1n) is 10.7. The maximum Gasteiger partial charge on any atom is 0.265 e. The molecule has 0 aliphatic carbocycles. The molecule has 186 valence electrons. The smallest absolute Gasteiger partial charge is 0.265 e. The number of ether oxygens (including phenoxy) is 3. The molecule has 8 nitrogen and oxygen atoms in total. The van der Waals surface area contributed by atoms with Gasteiger partial charge in [-0.15, -0.1) is 0 Å². The van der Waals surface area contributed by atoms with Gasteiger partial charge in [0.2, 0.25) is 10.0 Å². The third kappa shape index (κ3) is 7.03. The summed E-state index contributed by atoms with van der Waals surface area (Å²) in [6.07, 6.45) is 0.706. The van der Waals surface area contributed by atoms with Crippen molar-refractivity contribution in [2.24, 2.45) is 0 Å². The molecule has 10 heteroatoms. The minimum absolute atomic E-state index is 0.386. The summed E-state index contributed by atoms with van der Waals surface area (Å²) in [5.41, 5.74) is 0.869. The molecule has 0 saturated carbocycles. The zero-order chi connectivity index (χ0) is 25.6. The Morgan fingerprint density at radius 1 is 1.03 bits per heavy atom. The molecule has 0 radical (unpaired) electrons. The fourth-order valence-electron chi connectivity index (χ4n) is 3.11. The fraction of sp³-hybridized carbons (Fsp3) is 0.240. The average Bonchev–Trinajstić information content (AvgIpc) is 2.83. The van der Waals surface area contributed by atoms with Gasteiger partial charge in [-0.2, -0.15) is 0 Å². The number of nitrogens with one attached hydrogen (secondary N) is 1. The standard InChI is InChI=1S/C25H27ClN2O6S/c1-5-23(33-19-12-10-18(11-13-19)28(2)35(4,30)31)25(29)27-22-15-17(26)9-14-24(22)34-21-8-6-7-20(16-21)32-3/h6-16,23H,5H2,1-4H3,(H,27,29)/t23-/m1/s1. The van der Waals surface area contributed by atoms with Crippen LogP contribution in [0, 0.1) is 0 Å². The predicted molar refractivity (Wildman–Crippen MR) is 138 cm³/mol. The van der Waals surface area contributed by atoms with Gasteiger partial charge < -0.3 is 19.5 Å². The van der Waals surface area contributed by atoms with Crippen LogP contribution in [0.1, 0.15) is 13.3 Å². The average molecular weight is 519 g/mol. The summed E-state index contributed by atoms with van der Waals surface area (Å²) in [5, 5.41) is 3.26. The molecule has 0 aliphatic rings. The van der Waals surface area contributed by atoms with Gasteiger partial charge in [0.25, 0.3) is 5.91 Å². The number of amides is 1. The Morgan fingerprint density at radius 3 is 2.34 bits per heavy atom. The molecule has 1 N–H and O–H groups in total. The van der Waals surface area contributed by atoms with Crippen LogP contribution in [-0.2, 0) is 14.8 Å². The molecule has 0 bridgehead atoms. The van der Waals surface area contributed by atoms with Crippen LogP contribution in [0.3, 0.4) is 0 Å². The van der Waals surface area contributed by atoms with E-state index in [0.29, 0.717) is 45.8 Å². The molecule has 0 heterocycles. The largest absolute Gasteiger partial charge is 0.497 e. The van der Waals surface area contributed by atoms with Gasteiger partial charge in [-0.05, 0) is 61.0 Å². The van der Waals surface area contributed by atoms with Crippen LogP contribution < -0.4 is 23.8 Å². The van der Waals surface area contributed by atoms with E-state index in [2.05, 4.69) is 5.32 Å². The van der Waals surface area contributed by atoms with Crippen molar-refractivity contribution in [1.82, 2.24) is 0 Å². The summed E-state index contributed by atoms with van der Waals surface area (Å²) in [6.45, 7) is 1.82. The monoisotopic (exact) mass is 518 g/mol. The van der Waals surface area contributed by atoms with Crippen molar-refractivity contribution in [3.05, 3.63) is 71.8 Å². The Hall–Kier alpha value is -3.43. The van der Waals surface area contributed by atoms with E-state index in [1.165, 1.54) is 7.05 Å². The van der Waals surface area contributed by atoms with Crippen LogP contribution in [0.2, 0.25) is 5.02 Å². The highest BCUT2D eigenvalue weighted by molar-refractivity contribution is 7.92. The maximum atomic E-state index is 13.0. The van der Waals surface area contributed by atoms with E-state index in [-0.39, 0.29) is 5.91 Å². The molecule has 3 aromatic rings. The van der Waals surface area contributed by atoms with Crippen molar-refractivity contribution in [3.8, 4) is 23.0 Å². The van der Waals surface area contributed by atoms with Crippen LogP contribution >= 0.6 is 11.6 Å². The number of halogens is 1. The normalized spacial score (nSPS) is 11.9. The zero-order valence-corrected chi connectivity index (χ0v) is 21.4. The van der Waals surface area contributed by atoms with Crippen LogP contribution in [0.25, 0.3) is 0 Å². The molecule has 0 saturated heterocycles. The topological polar surface area (TPSA) is 94.2 Å². The first-order chi connectivity index (χ1) is 16.6. The predicted octanol–water partition coefficient (Wildman–Crippen LogP) is 5.33. The summed E-state index contributed by atoms with van der Waals surface area (Å²) in [7, 11) is -0.353. The summed E-state index contributed by atoms with van der Waals surface area (Å²) >= 11 is 6.16. The summed E-state index contributed by atoms with van der Waals surface area (Å²) < 4.78 is 41.6. The number of methoxy groups -OCH3 is 1. The van der Waals surface area contributed by atoms with Gasteiger partial charge >= 0.3 is 0 Å². The van der Waals surface area contributed by atoms with E-state index in [1.54, 1.807) is 73.8 Å². The summed E-state index contributed by atoms with van der Waals surface area (Å²) in [5.74, 6) is 1.61. The fourth-order valence-corrected chi connectivity index (χ4v) is 3.78. The third-order valence-electron chi connectivity index (χ3n) is 5.11. The lowest BCUT2D eigenvalue weighted by Gasteiger charge is -2.20. The van der Waals surface area contributed by atoms with Crippen molar-refractivity contribution < 1.29 is 27.4 Å². The van der Waals surface area contributed by atoms with Crippen molar-refractivity contribution in [2.45, 2.75) is 19.4 Å². The molecule has 0 fully saturated rings. The van der Waals surface area contributed by atoms with Crippen LogP contribution in [0.15, 0.2) is 66.7 Å². The number of hydrogen-bond acceptors (Lipinski definition) is 6. The van der Waals surface area contributed by atoms with Gasteiger partial charge in [0.05, 0.1) is 24.7 Å². The van der Waals surface area contributed by atoms with Gasteiger partial charge in [-0.1, -0.05) is 24.6 Å². The minimum Gasteiger partial charge on any atom is -0.497 e. The number of carbonyl (C=O) groups excluding carboxylic acids is 1. The van der Waals surface area contributed by atoms with Crippen LogP contribution in [0.4, 0.5) is 11.4 Å². The van der Waals surface area contributed by atoms with E-state index in [4.69, 9.17) is 25.8 Å². The van der Waals surface area contributed by atoms with Crippen molar-refractivity contribution in [3.63, 3.8) is 0 Å². The molecule has 0 aliphatic heterocycles.